The Morgan fingerprint density at radius 2 is 2.00 bits per heavy atom. The molecule has 0 saturated carbocycles. The Hall–Kier alpha value is -3.26. The Morgan fingerprint density at radius 1 is 1.18 bits per heavy atom. The van der Waals surface area contributed by atoms with E-state index in [2.05, 4.69) is 58.4 Å². The lowest BCUT2D eigenvalue weighted by molar-refractivity contribution is 0.102. The zero-order chi connectivity index (χ0) is 24.0. The second kappa shape index (κ2) is 8.51. The number of anilines is 2. The number of carbonyl (C=O) groups is 1. The van der Waals surface area contributed by atoms with Gasteiger partial charge in [0.25, 0.3) is 5.91 Å². The van der Waals surface area contributed by atoms with Gasteiger partial charge in [0.05, 0.1) is 10.2 Å². The molecule has 0 bridgehead atoms. The number of benzene rings is 1. The Kier molecular flexibility index (Phi) is 5.64. The molecule has 1 aliphatic heterocycles. The number of carbonyl (C=O) groups excluding carboxylic acids is 1. The molecular weight excluding hydrogens is 444 g/mol. The standard InChI is InChI=1S/C26H30N6OS/c1-16-6-7-17(25(33)29-22-13-21(26(2,3)4)31(5)30-22)12-19(16)18-8-10-32(14-18)24-23-20(9-11-34-23)27-15-28-24/h6-7,9,11-13,15,18H,8,10,14H2,1-5H3,(H,29,30,33). The molecule has 176 valence electrons. The summed E-state index contributed by atoms with van der Waals surface area (Å²) in [5, 5.41) is 9.54. The summed E-state index contributed by atoms with van der Waals surface area (Å²) in [5.74, 6) is 1.81. The van der Waals surface area contributed by atoms with Crippen LogP contribution in [0.25, 0.3) is 10.2 Å². The van der Waals surface area contributed by atoms with Gasteiger partial charge in [-0.3, -0.25) is 9.48 Å². The molecule has 0 radical (unpaired) electrons. The highest BCUT2D eigenvalue weighted by Crippen LogP contribution is 2.36. The number of rotatable bonds is 4. The van der Waals surface area contributed by atoms with Crippen LogP contribution in [0.1, 0.15) is 60.3 Å². The van der Waals surface area contributed by atoms with Crippen molar-refractivity contribution in [2.24, 2.45) is 7.05 Å². The number of nitrogens with zero attached hydrogens (tertiary/aromatic N) is 5. The summed E-state index contributed by atoms with van der Waals surface area (Å²) in [5.41, 5.74) is 5.11. The summed E-state index contributed by atoms with van der Waals surface area (Å²) in [7, 11) is 1.91. The van der Waals surface area contributed by atoms with Gasteiger partial charge in [-0.25, -0.2) is 9.97 Å². The molecule has 34 heavy (non-hydrogen) atoms. The van der Waals surface area contributed by atoms with Gasteiger partial charge in [0.2, 0.25) is 0 Å². The van der Waals surface area contributed by atoms with E-state index in [0.717, 1.165) is 41.2 Å². The van der Waals surface area contributed by atoms with Crippen molar-refractivity contribution >= 4 is 39.1 Å². The van der Waals surface area contributed by atoms with Crippen LogP contribution in [0.5, 0.6) is 0 Å². The Labute approximate surface area is 203 Å². The number of fused-ring (bicyclic) bond motifs is 1. The number of aromatic nitrogens is 4. The van der Waals surface area contributed by atoms with Crippen LogP contribution >= 0.6 is 11.3 Å². The van der Waals surface area contributed by atoms with Gasteiger partial charge < -0.3 is 10.2 Å². The first-order valence-electron chi connectivity index (χ1n) is 11.6. The average Bonchev–Trinajstić information content (AvgIpc) is 3.52. The molecule has 1 atom stereocenters. The molecule has 3 aromatic heterocycles. The third-order valence-corrected chi connectivity index (χ3v) is 7.48. The Bertz CT molecular complexity index is 1370. The molecule has 5 rings (SSSR count). The summed E-state index contributed by atoms with van der Waals surface area (Å²) in [6.45, 7) is 10.3. The van der Waals surface area contributed by atoms with Crippen LogP contribution in [0.4, 0.5) is 11.6 Å². The predicted molar refractivity (Wildman–Crippen MR) is 138 cm³/mol. The van der Waals surface area contributed by atoms with E-state index in [0.29, 0.717) is 17.3 Å². The molecule has 1 N–H and O–H groups in total. The van der Waals surface area contributed by atoms with E-state index in [9.17, 15) is 4.79 Å². The fraction of sp³-hybridized carbons (Fsp3) is 0.385. The maximum Gasteiger partial charge on any atom is 0.256 e. The minimum absolute atomic E-state index is 0.0472. The highest BCUT2D eigenvalue weighted by molar-refractivity contribution is 7.17. The quantitative estimate of drug-likeness (QED) is 0.436. The first-order chi connectivity index (χ1) is 16.2. The molecule has 7 nitrogen and oxygen atoms in total. The monoisotopic (exact) mass is 474 g/mol. The van der Waals surface area contributed by atoms with Gasteiger partial charge in [0, 0.05) is 48.8 Å². The summed E-state index contributed by atoms with van der Waals surface area (Å²) in [6, 6.07) is 9.99. The average molecular weight is 475 g/mol. The van der Waals surface area contributed by atoms with Crippen molar-refractivity contribution in [3.63, 3.8) is 0 Å². The van der Waals surface area contributed by atoms with Gasteiger partial charge in [-0.15, -0.1) is 11.3 Å². The van der Waals surface area contributed by atoms with E-state index in [4.69, 9.17) is 0 Å². The lowest BCUT2D eigenvalue weighted by Gasteiger charge is -2.19. The molecule has 0 aliphatic carbocycles. The zero-order valence-corrected chi connectivity index (χ0v) is 21.1. The largest absolute Gasteiger partial charge is 0.355 e. The third kappa shape index (κ3) is 4.18. The normalized spacial score (nSPS) is 16.4. The SMILES string of the molecule is Cc1ccc(C(=O)Nc2cc(C(C)(C)C)n(C)n2)cc1C1CCN(c2ncnc3ccsc23)C1. The van der Waals surface area contributed by atoms with E-state index in [1.807, 2.05) is 42.1 Å². The Morgan fingerprint density at radius 3 is 2.76 bits per heavy atom. The first kappa shape index (κ1) is 22.5. The van der Waals surface area contributed by atoms with Crippen molar-refractivity contribution in [3.8, 4) is 0 Å². The lowest BCUT2D eigenvalue weighted by atomic mass is 9.92. The predicted octanol–water partition coefficient (Wildman–Crippen LogP) is 5.28. The van der Waals surface area contributed by atoms with Crippen LogP contribution < -0.4 is 10.2 Å². The van der Waals surface area contributed by atoms with Crippen molar-refractivity contribution in [2.75, 3.05) is 23.3 Å². The second-order valence-corrected chi connectivity index (χ2v) is 11.0. The zero-order valence-electron chi connectivity index (χ0n) is 20.3. The number of hydrogen-bond donors (Lipinski definition) is 1. The van der Waals surface area contributed by atoms with Crippen molar-refractivity contribution in [3.05, 3.63) is 64.4 Å². The molecule has 4 aromatic rings. The minimum Gasteiger partial charge on any atom is -0.355 e. The number of thiophene rings is 1. The molecule has 1 saturated heterocycles. The van der Waals surface area contributed by atoms with Gasteiger partial charge >= 0.3 is 0 Å². The third-order valence-electron chi connectivity index (χ3n) is 6.58. The molecule has 4 heterocycles. The van der Waals surface area contributed by atoms with Crippen LogP contribution in [0.3, 0.4) is 0 Å². The number of nitrogens with one attached hydrogen (secondary N) is 1. The van der Waals surface area contributed by atoms with Gasteiger partial charge in [0.15, 0.2) is 5.82 Å². The fourth-order valence-corrected chi connectivity index (χ4v) is 5.71. The van der Waals surface area contributed by atoms with Crippen LogP contribution in [-0.4, -0.2) is 38.7 Å². The maximum absolute atomic E-state index is 13.1. The van der Waals surface area contributed by atoms with Crippen molar-refractivity contribution < 1.29 is 4.79 Å². The van der Waals surface area contributed by atoms with Crippen molar-refractivity contribution in [1.29, 1.82) is 0 Å². The van der Waals surface area contributed by atoms with Crippen LogP contribution in [0.2, 0.25) is 0 Å². The van der Waals surface area contributed by atoms with E-state index in [1.54, 1.807) is 17.7 Å². The molecular formula is C26H30N6OS. The smallest absolute Gasteiger partial charge is 0.256 e. The highest BCUT2D eigenvalue weighted by Gasteiger charge is 2.28. The number of aryl methyl sites for hydroxylation is 2. The topological polar surface area (TPSA) is 75.9 Å². The molecule has 1 aromatic carbocycles. The second-order valence-electron chi connectivity index (χ2n) is 10.1. The molecule has 0 spiro atoms. The minimum atomic E-state index is -0.134. The summed E-state index contributed by atoms with van der Waals surface area (Å²) < 4.78 is 2.97. The van der Waals surface area contributed by atoms with E-state index < -0.39 is 0 Å². The molecule has 1 unspecified atom stereocenters. The molecule has 1 aliphatic rings. The maximum atomic E-state index is 13.1. The van der Waals surface area contributed by atoms with Crippen LogP contribution in [0.15, 0.2) is 42.0 Å². The van der Waals surface area contributed by atoms with Crippen molar-refractivity contribution in [1.82, 2.24) is 19.7 Å². The van der Waals surface area contributed by atoms with Gasteiger partial charge in [0.1, 0.15) is 12.1 Å². The number of amides is 1. The molecule has 8 heteroatoms. The molecule has 1 amide bonds. The van der Waals surface area contributed by atoms with Gasteiger partial charge in [-0.05, 0) is 48.1 Å². The van der Waals surface area contributed by atoms with Gasteiger partial charge in [-0.1, -0.05) is 26.8 Å². The van der Waals surface area contributed by atoms with Crippen molar-refractivity contribution in [2.45, 2.75) is 45.4 Å². The highest BCUT2D eigenvalue weighted by atomic mass is 32.1. The molecule has 1 fully saturated rings. The summed E-state index contributed by atoms with van der Waals surface area (Å²) in [4.78, 5) is 24.4. The number of hydrogen-bond acceptors (Lipinski definition) is 6. The van der Waals surface area contributed by atoms with E-state index >= 15 is 0 Å². The summed E-state index contributed by atoms with van der Waals surface area (Å²) >= 11 is 1.69. The fourth-order valence-electron chi connectivity index (χ4n) is 4.85. The Balaban J connectivity index is 1.35. The first-order valence-corrected chi connectivity index (χ1v) is 12.5. The van der Waals surface area contributed by atoms with Crippen LogP contribution in [0, 0.1) is 6.92 Å². The van der Waals surface area contributed by atoms with Crippen LogP contribution in [-0.2, 0) is 12.5 Å². The van der Waals surface area contributed by atoms with E-state index in [-0.39, 0.29) is 11.3 Å². The summed E-state index contributed by atoms with van der Waals surface area (Å²) in [6.07, 6.45) is 2.68. The van der Waals surface area contributed by atoms with Gasteiger partial charge in [-0.2, -0.15) is 5.10 Å². The lowest BCUT2D eigenvalue weighted by Crippen LogP contribution is -2.21. The van der Waals surface area contributed by atoms with E-state index in [1.165, 1.54) is 11.1 Å².